The molecule has 114 valence electrons. The molecule has 0 saturated carbocycles. The number of ether oxygens (including phenoxy) is 2. The predicted octanol–water partition coefficient (Wildman–Crippen LogP) is 2.77. The van der Waals surface area contributed by atoms with Crippen molar-refractivity contribution in [2.24, 2.45) is 0 Å². The van der Waals surface area contributed by atoms with Gasteiger partial charge in [0.1, 0.15) is 11.8 Å². The van der Waals surface area contributed by atoms with Gasteiger partial charge in [0.2, 0.25) is 5.88 Å². The van der Waals surface area contributed by atoms with Gasteiger partial charge in [-0.15, -0.1) is 0 Å². The van der Waals surface area contributed by atoms with Crippen molar-refractivity contribution in [3.63, 3.8) is 0 Å². The molecule has 0 aliphatic heterocycles. The number of halogens is 3. The van der Waals surface area contributed by atoms with Gasteiger partial charge in [0.05, 0.1) is 0 Å². The standard InChI is InChI=1S/C12H12F3N3O3/c1-7(19-2)11-17-10(21-18-11)6-20-9-5-3-4-8(16-9)12(13,14)15/h3-5,7H,6H2,1-2H3. The first kappa shape index (κ1) is 15.2. The Kier molecular flexibility index (Phi) is 4.41. The van der Waals surface area contributed by atoms with E-state index in [1.807, 2.05) is 0 Å². The normalized spacial score (nSPS) is 13.2. The number of alkyl halides is 3. The third-order valence-corrected chi connectivity index (χ3v) is 2.56. The van der Waals surface area contributed by atoms with E-state index in [-0.39, 0.29) is 24.5 Å². The molecule has 0 aromatic carbocycles. The lowest BCUT2D eigenvalue weighted by atomic mass is 10.3. The second-order valence-corrected chi connectivity index (χ2v) is 4.07. The van der Waals surface area contributed by atoms with Crippen molar-refractivity contribution in [1.29, 1.82) is 0 Å². The van der Waals surface area contributed by atoms with Crippen LogP contribution in [-0.2, 0) is 17.5 Å². The van der Waals surface area contributed by atoms with E-state index < -0.39 is 11.9 Å². The number of pyridine rings is 1. The van der Waals surface area contributed by atoms with Crippen molar-refractivity contribution in [3.05, 3.63) is 35.6 Å². The molecule has 0 fully saturated rings. The van der Waals surface area contributed by atoms with Gasteiger partial charge in [0.15, 0.2) is 12.4 Å². The fraction of sp³-hybridized carbons (Fsp3) is 0.417. The van der Waals surface area contributed by atoms with Gasteiger partial charge in [0, 0.05) is 13.2 Å². The van der Waals surface area contributed by atoms with E-state index in [9.17, 15) is 13.2 Å². The summed E-state index contributed by atoms with van der Waals surface area (Å²) in [6, 6.07) is 3.37. The lowest BCUT2D eigenvalue weighted by Gasteiger charge is -2.07. The highest BCUT2D eigenvalue weighted by Crippen LogP contribution is 2.28. The molecule has 0 aliphatic rings. The van der Waals surface area contributed by atoms with E-state index >= 15 is 0 Å². The lowest BCUT2D eigenvalue weighted by molar-refractivity contribution is -0.141. The Bertz CT molecular complexity index is 601. The summed E-state index contributed by atoms with van der Waals surface area (Å²) in [6.07, 6.45) is -4.88. The largest absolute Gasteiger partial charge is 0.468 e. The highest BCUT2D eigenvalue weighted by Gasteiger charge is 2.32. The van der Waals surface area contributed by atoms with Crippen molar-refractivity contribution in [1.82, 2.24) is 15.1 Å². The smallest absolute Gasteiger partial charge is 0.433 e. The van der Waals surface area contributed by atoms with Crippen LogP contribution in [0.4, 0.5) is 13.2 Å². The maximum atomic E-state index is 12.5. The highest BCUT2D eigenvalue weighted by molar-refractivity contribution is 5.17. The van der Waals surface area contributed by atoms with Crippen molar-refractivity contribution in [2.45, 2.75) is 25.8 Å². The minimum atomic E-state index is -4.52. The number of rotatable bonds is 5. The Morgan fingerprint density at radius 3 is 2.71 bits per heavy atom. The minimum Gasteiger partial charge on any atom is -0.468 e. The maximum Gasteiger partial charge on any atom is 0.433 e. The quantitative estimate of drug-likeness (QED) is 0.846. The van der Waals surface area contributed by atoms with Crippen molar-refractivity contribution < 1.29 is 27.2 Å². The molecular weight excluding hydrogens is 291 g/mol. The van der Waals surface area contributed by atoms with Crippen LogP contribution >= 0.6 is 0 Å². The molecule has 0 aliphatic carbocycles. The molecule has 2 aromatic heterocycles. The zero-order valence-corrected chi connectivity index (χ0v) is 11.2. The van der Waals surface area contributed by atoms with E-state index in [4.69, 9.17) is 14.0 Å². The third-order valence-electron chi connectivity index (χ3n) is 2.56. The van der Waals surface area contributed by atoms with E-state index in [1.165, 1.54) is 19.2 Å². The molecule has 2 aromatic rings. The zero-order chi connectivity index (χ0) is 15.5. The van der Waals surface area contributed by atoms with Crippen LogP contribution in [0, 0.1) is 0 Å². The molecule has 9 heteroatoms. The van der Waals surface area contributed by atoms with Gasteiger partial charge in [-0.2, -0.15) is 18.2 Å². The van der Waals surface area contributed by atoms with Crippen molar-refractivity contribution >= 4 is 0 Å². The maximum absolute atomic E-state index is 12.5. The van der Waals surface area contributed by atoms with E-state index in [1.54, 1.807) is 6.92 Å². The van der Waals surface area contributed by atoms with Gasteiger partial charge in [-0.3, -0.25) is 0 Å². The van der Waals surface area contributed by atoms with Gasteiger partial charge >= 0.3 is 6.18 Å². The molecule has 0 bridgehead atoms. The average Bonchev–Trinajstić information content (AvgIpc) is 2.92. The third kappa shape index (κ3) is 3.91. The molecule has 1 unspecified atom stereocenters. The first-order valence-electron chi connectivity index (χ1n) is 5.92. The van der Waals surface area contributed by atoms with Gasteiger partial charge in [-0.1, -0.05) is 11.2 Å². The van der Waals surface area contributed by atoms with Gasteiger partial charge < -0.3 is 14.0 Å². The second-order valence-electron chi connectivity index (χ2n) is 4.07. The molecular formula is C12H12F3N3O3. The molecule has 0 spiro atoms. The topological polar surface area (TPSA) is 70.3 Å². The molecule has 0 N–H and O–H groups in total. The first-order valence-corrected chi connectivity index (χ1v) is 5.92. The fourth-order valence-corrected chi connectivity index (χ4v) is 1.39. The number of hydrogen-bond donors (Lipinski definition) is 0. The van der Waals surface area contributed by atoms with Crippen LogP contribution in [0.5, 0.6) is 5.88 Å². The minimum absolute atomic E-state index is 0.119. The average molecular weight is 303 g/mol. The molecule has 0 radical (unpaired) electrons. The lowest BCUT2D eigenvalue weighted by Crippen LogP contribution is -2.09. The summed E-state index contributed by atoms with van der Waals surface area (Å²) in [5.74, 6) is 0.269. The summed E-state index contributed by atoms with van der Waals surface area (Å²) in [4.78, 5) is 7.34. The predicted molar refractivity (Wildman–Crippen MR) is 63.3 cm³/mol. The van der Waals surface area contributed by atoms with Crippen LogP contribution in [0.3, 0.4) is 0 Å². The van der Waals surface area contributed by atoms with Crippen LogP contribution in [-0.4, -0.2) is 22.2 Å². The Morgan fingerprint density at radius 2 is 2.05 bits per heavy atom. The molecule has 21 heavy (non-hydrogen) atoms. The van der Waals surface area contributed by atoms with Gasteiger partial charge in [-0.05, 0) is 13.0 Å². The van der Waals surface area contributed by atoms with Gasteiger partial charge in [0.25, 0.3) is 5.89 Å². The summed E-state index contributed by atoms with van der Waals surface area (Å²) in [5, 5.41) is 3.66. The Labute approximate surface area is 117 Å². The Morgan fingerprint density at radius 1 is 1.29 bits per heavy atom. The summed E-state index contributed by atoms with van der Waals surface area (Å²) < 4.78 is 52.5. The van der Waals surface area contributed by atoms with E-state index in [0.29, 0.717) is 5.82 Å². The van der Waals surface area contributed by atoms with Crippen molar-refractivity contribution in [2.75, 3.05) is 7.11 Å². The Hall–Kier alpha value is -2.16. The van der Waals surface area contributed by atoms with E-state index in [0.717, 1.165) is 6.07 Å². The molecule has 2 heterocycles. The summed E-state index contributed by atoms with van der Waals surface area (Å²) in [6.45, 7) is 1.54. The monoisotopic (exact) mass is 303 g/mol. The first-order chi connectivity index (χ1) is 9.90. The molecule has 0 amide bonds. The summed E-state index contributed by atoms with van der Waals surface area (Å²) in [7, 11) is 1.49. The van der Waals surface area contributed by atoms with Crippen LogP contribution < -0.4 is 4.74 Å². The molecule has 1 atom stereocenters. The molecule has 6 nitrogen and oxygen atoms in total. The van der Waals surface area contributed by atoms with Crippen LogP contribution in [0.15, 0.2) is 22.7 Å². The van der Waals surface area contributed by atoms with E-state index in [2.05, 4.69) is 15.1 Å². The van der Waals surface area contributed by atoms with Crippen molar-refractivity contribution in [3.8, 4) is 5.88 Å². The molecule has 2 rings (SSSR count). The fourth-order valence-electron chi connectivity index (χ4n) is 1.39. The zero-order valence-electron chi connectivity index (χ0n) is 11.2. The number of aromatic nitrogens is 3. The highest BCUT2D eigenvalue weighted by atomic mass is 19.4. The van der Waals surface area contributed by atoms with Crippen LogP contribution in [0.1, 0.15) is 30.4 Å². The SMILES string of the molecule is COC(C)c1noc(COc2cccc(C(F)(F)F)n2)n1. The number of nitrogens with zero attached hydrogens (tertiary/aromatic N) is 3. The van der Waals surface area contributed by atoms with Crippen LogP contribution in [0.25, 0.3) is 0 Å². The second kappa shape index (κ2) is 6.08. The number of methoxy groups -OCH3 is 1. The molecule has 0 saturated heterocycles. The van der Waals surface area contributed by atoms with Gasteiger partial charge in [-0.25, -0.2) is 4.98 Å². The Balaban J connectivity index is 2.01. The summed E-state index contributed by atoms with van der Waals surface area (Å²) in [5.41, 5.74) is -1.03. The van der Waals surface area contributed by atoms with Crippen LogP contribution in [0.2, 0.25) is 0 Å². The summed E-state index contributed by atoms with van der Waals surface area (Å²) >= 11 is 0. The number of hydrogen-bond acceptors (Lipinski definition) is 6.